The third kappa shape index (κ3) is 3.67. The summed E-state index contributed by atoms with van der Waals surface area (Å²) in [5.74, 6) is 0.371. The van der Waals surface area contributed by atoms with E-state index in [0.29, 0.717) is 22.0 Å². The Balaban J connectivity index is 2.29. The minimum Gasteiger partial charge on any atom is -0.495 e. The van der Waals surface area contributed by atoms with E-state index in [2.05, 4.69) is 10.6 Å². The van der Waals surface area contributed by atoms with Gasteiger partial charge in [-0.05, 0) is 37.3 Å². The van der Waals surface area contributed by atoms with Gasteiger partial charge in [0.05, 0.1) is 18.4 Å². The molecule has 0 aliphatic heterocycles. The Morgan fingerprint density at radius 2 is 1.95 bits per heavy atom. The van der Waals surface area contributed by atoms with Crippen LogP contribution in [0.1, 0.15) is 17.3 Å². The lowest BCUT2D eigenvalue weighted by molar-refractivity contribution is 0.102. The van der Waals surface area contributed by atoms with Crippen LogP contribution in [0.25, 0.3) is 0 Å². The summed E-state index contributed by atoms with van der Waals surface area (Å²) in [6.45, 7) is 2.69. The first-order valence-electron chi connectivity index (χ1n) is 6.63. The van der Waals surface area contributed by atoms with E-state index in [1.54, 1.807) is 37.4 Å². The van der Waals surface area contributed by atoms with Gasteiger partial charge in [0.1, 0.15) is 5.75 Å². The van der Waals surface area contributed by atoms with Crippen LogP contribution in [0.5, 0.6) is 5.75 Å². The second kappa shape index (κ2) is 6.99. The molecule has 0 atom stereocenters. The van der Waals surface area contributed by atoms with Crippen molar-refractivity contribution >= 4 is 28.9 Å². The number of carbonyl (C=O) groups is 1. The molecule has 2 aromatic carbocycles. The molecule has 2 rings (SSSR count). The number of amides is 1. The molecule has 0 heterocycles. The van der Waals surface area contributed by atoms with Crippen LogP contribution in [0.15, 0.2) is 42.5 Å². The zero-order chi connectivity index (χ0) is 15.2. The lowest BCUT2D eigenvalue weighted by Gasteiger charge is -2.13. The van der Waals surface area contributed by atoms with E-state index in [4.69, 9.17) is 16.3 Å². The fourth-order valence-corrected chi connectivity index (χ4v) is 2.16. The molecule has 5 heteroatoms. The molecule has 2 aromatic rings. The third-order valence-corrected chi connectivity index (χ3v) is 3.18. The quantitative estimate of drug-likeness (QED) is 0.876. The van der Waals surface area contributed by atoms with E-state index in [1.807, 2.05) is 19.1 Å². The van der Waals surface area contributed by atoms with Crippen molar-refractivity contribution in [1.29, 1.82) is 0 Å². The molecule has 2 N–H and O–H groups in total. The predicted molar refractivity (Wildman–Crippen MR) is 86.6 cm³/mol. The number of anilines is 2. The van der Waals surface area contributed by atoms with Crippen molar-refractivity contribution < 1.29 is 9.53 Å². The Morgan fingerprint density at radius 3 is 2.67 bits per heavy atom. The van der Waals surface area contributed by atoms with Crippen LogP contribution in [-0.2, 0) is 0 Å². The molecule has 0 saturated carbocycles. The van der Waals surface area contributed by atoms with Crippen LogP contribution in [0.2, 0.25) is 5.02 Å². The lowest BCUT2D eigenvalue weighted by atomic mass is 10.1. The van der Waals surface area contributed by atoms with Gasteiger partial charge in [-0.25, -0.2) is 0 Å². The number of carbonyl (C=O) groups excluding carboxylic acids is 1. The fraction of sp³-hybridized carbons (Fsp3) is 0.188. The van der Waals surface area contributed by atoms with Crippen molar-refractivity contribution in [2.75, 3.05) is 24.3 Å². The Morgan fingerprint density at radius 1 is 1.19 bits per heavy atom. The summed E-state index contributed by atoms with van der Waals surface area (Å²) in [5.41, 5.74) is 1.86. The first kappa shape index (κ1) is 15.2. The third-order valence-electron chi connectivity index (χ3n) is 2.95. The zero-order valence-corrected chi connectivity index (χ0v) is 12.7. The smallest absolute Gasteiger partial charge is 0.257 e. The zero-order valence-electron chi connectivity index (χ0n) is 11.9. The van der Waals surface area contributed by atoms with Gasteiger partial charge in [-0.2, -0.15) is 0 Å². The van der Waals surface area contributed by atoms with Gasteiger partial charge in [-0.1, -0.05) is 23.7 Å². The van der Waals surface area contributed by atoms with Crippen LogP contribution < -0.4 is 15.4 Å². The normalized spacial score (nSPS) is 10.0. The Kier molecular flexibility index (Phi) is 5.06. The van der Waals surface area contributed by atoms with Gasteiger partial charge in [0, 0.05) is 17.3 Å². The number of para-hydroxylation sites is 2. The molecule has 0 fully saturated rings. The highest BCUT2D eigenvalue weighted by molar-refractivity contribution is 6.31. The fourth-order valence-electron chi connectivity index (χ4n) is 1.99. The SMILES string of the molecule is CCNc1ccc(Cl)cc1C(=O)Nc1ccccc1OC. The van der Waals surface area contributed by atoms with Crippen LogP contribution in [0, 0.1) is 0 Å². The maximum atomic E-state index is 12.5. The Hall–Kier alpha value is -2.20. The molecule has 0 unspecified atom stereocenters. The number of hydrogen-bond donors (Lipinski definition) is 2. The van der Waals surface area contributed by atoms with Crippen molar-refractivity contribution in [1.82, 2.24) is 0 Å². The predicted octanol–water partition coefficient (Wildman–Crippen LogP) is 4.03. The average molecular weight is 305 g/mol. The number of hydrogen-bond acceptors (Lipinski definition) is 3. The molecule has 0 bridgehead atoms. The van der Waals surface area contributed by atoms with Crippen molar-refractivity contribution in [3.8, 4) is 5.75 Å². The molecule has 1 amide bonds. The highest BCUT2D eigenvalue weighted by Gasteiger charge is 2.14. The molecule has 4 nitrogen and oxygen atoms in total. The molecule has 21 heavy (non-hydrogen) atoms. The van der Waals surface area contributed by atoms with Gasteiger partial charge < -0.3 is 15.4 Å². The van der Waals surface area contributed by atoms with E-state index >= 15 is 0 Å². The number of halogens is 1. The largest absolute Gasteiger partial charge is 0.495 e. The highest BCUT2D eigenvalue weighted by atomic mass is 35.5. The average Bonchev–Trinajstić information content (AvgIpc) is 2.49. The van der Waals surface area contributed by atoms with Crippen molar-refractivity contribution in [3.05, 3.63) is 53.1 Å². The molecule has 0 spiro atoms. The maximum absolute atomic E-state index is 12.5. The van der Waals surface area contributed by atoms with Crippen LogP contribution in [-0.4, -0.2) is 19.6 Å². The van der Waals surface area contributed by atoms with Gasteiger partial charge in [0.2, 0.25) is 0 Å². The van der Waals surface area contributed by atoms with Crippen LogP contribution in [0.4, 0.5) is 11.4 Å². The molecular weight excluding hydrogens is 288 g/mol. The molecule has 110 valence electrons. The second-order valence-corrected chi connectivity index (χ2v) is 4.81. The minimum absolute atomic E-state index is 0.238. The van der Waals surface area contributed by atoms with Gasteiger partial charge in [-0.3, -0.25) is 4.79 Å². The Bertz CT molecular complexity index is 644. The summed E-state index contributed by atoms with van der Waals surface area (Å²) < 4.78 is 5.23. The van der Waals surface area contributed by atoms with Crippen LogP contribution >= 0.6 is 11.6 Å². The van der Waals surface area contributed by atoms with E-state index in [-0.39, 0.29) is 5.91 Å². The minimum atomic E-state index is -0.238. The van der Waals surface area contributed by atoms with Crippen LogP contribution in [0.3, 0.4) is 0 Å². The van der Waals surface area contributed by atoms with Gasteiger partial charge in [0.15, 0.2) is 0 Å². The highest BCUT2D eigenvalue weighted by Crippen LogP contribution is 2.26. The van der Waals surface area contributed by atoms with E-state index in [1.165, 1.54) is 0 Å². The van der Waals surface area contributed by atoms with Gasteiger partial charge in [0.25, 0.3) is 5.91 Å². The first-order valence-corrected chi connectivity index (χ1v) is 7.01. The number of benzene rings is 2. The first-order chi connectivity index (χ1) is 10.2. The summed E-state index contributed by atoms with van der Waals surface area (Å²) in [6.07, 6.45) is 0. The number of ether oxygens (including phenoxy) is 1. The van der Waals surface area contributed by atoms with E-state index < -0.39 is 0 Å². The number of rotatable bonds is 5. The van der Waals surface area contributed by atoms with Crippen molar-refractivity contribution in [3.63, 3.8) is 0 Å². The summed E-state index contributed by atoms with van der Waals surface area (Å²) in [7, 11) is 1.56. The summed E-state index contributed by atoms with van der Waals surface area (Å²) in [4.78, 5) is 12.5. The molecule has 0 aromatic heterocycles. The monoisotopic (exact) mass is 304 g/mol. The standard InChI is InChI=1S/C16H17ClN2O2/c1-3-18-13-9-8-11(17)10-12(13)16(20)19-14-6-4-5-7-15(14)21-2/h4-10,18H,3H2,1-2H3,(H,19,20). The summed E-state index contributed by atoms with van der Waals surface area (Å²) in [5, 5.41) is 6.50. The molecule has 0 aliphatic carbocycles. The van der Waals surface area contributed by atoms with E-state index in [0.717, 1.165) is 12.2 Å². The maximum Gasteiger partial charge on any atom is 0.257 e. The lowest BCUT2D eigenvalue weighted by Crippen LogP contribution is -2.15. The summed E-state index contributed by atoms with van der Waals surface area (Å²) in [6, 6.07) is 12.4. The summed E-state index contributed by atoms with van der Waals surface area (Å²) >= 11 is 5.99. The van der Waals surface area contributed by atoms with E-state index in [9.17, 15) is 4.79 Å². The number of methoxy groups -OCH3 is 1. The second-order valence-electron chi connectivity index (χ2n) is 4.37. The number of nitrogens with one attached hydrogen (secondary N) is 2. The van der Waals surface area contributed by atoms with Gasteiger partial charge >= 0.3 is 0 Å². The molecule has 0 aliphatic rings. The van der Waals surface area contributed by atoms with Crippen molar-refractivity contribution in [2.24, 2.45) is 0 Å². The molecule has 0 saturated heterocycles. The molecular formula is C16H17ClN2O2. The van der Waals surface area contributed by atoms with Crippen molar-refractivity contribution in [2.45, 2.75) is 6.92 Å². The topological polar surface area (TPSA) is 50.4 Å². The van der Waals surface area contributed by atoms with Gasteiger partial charge in [-0.15, -0.1) is 0 Å². The Labute approximate surface area is 129 Å². The molecule has 0 radical (unpaired) electrons.